The van der Waals surface area contributed by atoms with Gasteiger partial charge in [0.2, 0.25) is 17.1 Å². The van der Waals surface area contributed by atoms with Gasteiger partial charge in [-0.3, -0.25) is 8.67 Å². The fourth-order valence-electron chi connectivity index (χ4n) is 1.07. The quantitative estimate of drug-likeness (QED) is 0.171. The van der Waals surface area contributed by atoms with Gasteiger partial charge in [-0.1, -0.05) is 6.58 Å². The Kier molecular flexibility index (Phi) is 9.62. The maximum Gasteiger partial charge on any atom is 0.334 e. The molecule has 0 aromatic heterocycles. The van der Waals surface area contributed by atoms with Crippen molar-refractivity contribution >= 4 is 16.4 Å². The molecule has 114 valence electrons. The first-order valence-electron chi connectivity index (χ1n) is 5.24. The number of likely N-dealkylation sites (N-methyl/N-ethyl adjacent to an activating group) is 1. The summed E-state index contributed by atoms with van der Waals surface area (Å²) in [6.45, 7) is 5.79. The number of aliphatic hydroxyl groups is 1. The van der Waals surface area contributed by atoms with E-state index in [9.17, 15) is 17.8 Å². The summed E-state index contributed by atoms with van der Waals surface area (Å²) in [7, 11) is 0.152. The number of rotatable bonds is 6. The molecule has 0 aromatic rings. The molecule has 0 rings (SSSR count). The second-order valence-electron chi connectivity index (χ2n) is 4.34. The number of nitrogens with zero attached hydrogens (tertiary/aromatic N) is 1. The number of carbonyl (C=O) groups excluding carboxylic acids is 1. The molecule has 1 N–H and O–H groups in total. The molecule has 1 unspecified atom stereocenters. The van der Waals surface area contributed by atoms with Crippen LogP contribution in [0.1, 0.15) is 6.92 Å². The van der Waals surface area contributed by atoms with E-state index in [1.165, 1.54) is 0 Å². The lowest BCUT2D eigenvalue weighted by Gasteiger charge is -2.29. The van der Waals surface area contributed by atoms with Gasteiger partial charge in [0, 0.05) is 6.08 Å². The van der Waals surface area contributed by atoms with E-state index < -0.39 is 22.5 Å². The van der Waals surface area contributed by atoms with Gasteiger partial charge in [0.05, 0.1) is 21.2 Å². The van der Waals surface area contributed by atoms with Crippen LogP contribution in [-0.4, -0.2) is 69.1 Å². The highest BCUT2D eigenvalue weighted by Crippen LogP contribution is 2.00. The normalized spacial score (nSPS) is 12.9. The fourth-order valence-corrected chi connectivity index (χ4v) is 1.07. The lowest BCUT2D eigenvalue weighted by molar-refractivity contribution is -0.909. The van der Waals surface area contributed by atoms with Crippen LogP contribution in [0.15, 0.2) is 12.7 Å². The molecular formula is C10H21NO7S. The summed E-state index contributed by atoms with van der Waals surface area (Å²) < 4.78 is 36.3. The minimum atomic E-state index is -4.41. The van der Waals surface area contributed by atoms with Gasteiger partial charge in [0.15, 0.2) is 0 Å². The Labute approximate surface area is 113 Å². The highest BCUT2D eigenvalue weighted by atomic mass is 32.3. The van der Waals surface area contributed by atoms with Crippen LogP contribution in [0, 0.1) is 0 Å². The number of hydrogen-bond acceptors (Lipinski definition) is 7. The lowest BCUT2D eigenvalue weighted by atomic mass is 10.3. The Balaban J connectivity index is 0. The van der Waals surface area contributed by atoms with Crippen molar-refractivity contribution in [1.29, 1.82) is 0 Å². The summed E-state index contributed by atoms with van der Waals surface area (Å²) >= 11 is 0. The maximum absolute atomic E-state index is 10.7. The molecule has 0 amide bonds. The van der Waals surface area contributed by atoms with Gasteiger partial charge in [-0.05, 0) is 6.92 Å². The van der Waals surface area contributed by atoms with Crippen LogP contribution in [0.2, 0.25) is 0 Å². The highest BCUT2D eigenvalue weighted by molar-refractivity contribution is 7.80. The molecule has 9 heteroatoms. The molecular weight excluding hydrogens is 278 g/mol. The van der Waals surface area contributed by atoms with Crippen molar-refractivity contribution in [2.24, 2.45) is 0 Å². The first-order chi connectivity index (χ1) is 8.43. The number of esters is 1. The number of ether oxygens (including phenoxy) is 1. The van der Waals surface area contributed by atoms with E-state index in [2.05, 4.69) is 10.8 Å². The van der Waals surface area contributed by atoms with Gasteiger partial charge >= 0.3 is 5.97 Å². The summed E-state index contributed by atoms with van der Waals surface area (Å²) in [5, 5.41) is 9.13. The van der Waals surface area contributed by atoms with Crippen LogP contribution in [0.4, 0.5) is 0 Å². The monoisotopic (exact) mass is 299 g/mol. The van der Waals surface area contributed by atoms with Crippen LogP contribution in [0.25, 0.3) is 0 Å². The van der Waals surface area contributed by atoms with Gasteiger partial charge < -0.3 is 14.4 Å². The lowest BCUT2D eigenvalue weighted by Crippen LogP contribution is -2.46. The molecule has 0 aliphatic carbocycles. The number of aliphatic hydroxyl groups excluding tert-OH is 1. The maximum atomic E-state index is 10.7. The van der Waals surface area contributed by atoms with Crippen LogP contribution in [0.5, 0.6) is 0 Å². The van der Waals surface area contributed by atoms with Gasteiger partial charge in [0.1, 0.15) is 12.6 Å². The van der Waals surface area contributed by atoms with Gasteiger partial charge in [0.25, 0.3) is 0 Å². The minimum absolute atomic E-state index is 0.246. The van der Waals surface area contributed by atoms with Crippen LogP contribution >= 0.6 is 0 Å². The Morgan fingerprint density at radius 3 is 2.21 bits per heavy atom. The van der Waals surface area contributed by atoms with E-state index >= 15 is 0 Å². The molecule has 0 heterocycles. The smallest absolute Gasteiger partial charge is 0.334 e. The summed E-state index contributed by atoms with van der Waals surface area (Å²) in [6.07, 6.45) is 0.722. The van der Waals surface area contributed by atoms with E-state index in [0.717, 1.165) is 13.2 Å². The largest absolute Gasteiger partial charge is 0.726 e. The van der Waals surface area contributed by atoms with Crippen LogP contribution in [0.3, 0.4) is 0 Å². The predicted molar refractivity (Wildman–Crippen MR) is 66.5 cm³/mol. The molecule has 0 saturated heterocycles. The molecule has 0 aliphatic rings. The standard InChI is InChI=1S/C9H18NO3.CH4O4S/c1-5-9(12)13-7-10(3,4)6-8(2)11;1-5-6(2,3)4/h5,8,11H,1,6-7H2,2-4H3;1H3,(H,2,3,4)/q+1;/p-1. The van der Waals surface area contributed by atoms with Gasteiger partial charge in [-0.15, -0.1) is 0 Å². The van der Waals surface area contributed by atoms with Crippen molar-refractivity contribution in [3.63, 3.8) is 0 Å². The molecule has 0 bridgehead atoms. The van der Waals surface area contributed by atoms with Crippen molar-refractivity contribution in [2.75, 3.05) is 34.5 Å². The molecule has 0 radical (unpaired) electrons. The second-order valence-corrected chi connectivity index (χ2v) is 5.49. The SMILES string of the molecule is C=CC(=O)OC[N+](C)(C)CC(C)O.COS(=O)(=O)[O-]. The summed E-state index contributed by atoms with van der Waals surface area (Å²) in [6, 6.07) is 0. The van der Waals surface area contributed by atoms with Crippen molar-refractivity contribution in [2.45, 2.75) is 13.0 Å². The Hall–Kier alpha value is -1.00. The summed E-state index contributed by atoms with van der Waals surface area (Å²) in [5.74, 6) is -0.434. The van der Waals surface area contributed by atoms with Crippen molar-refractivity contribution < 1.29 is 36.3 Å². The first-order valence-corrected chi connectivity index (χ1v) is 6.57. The average Bonchev–Trinajstić information content (AvgIpc) is 2.24. The fraction of sp³-hybridized carbons (Fsp3) is 0.700. The topological polar surface area (TPSA) is 113 Å². The molecule has 0 aromatic carbocycles. The van der Waals surface area contributed by atoms with E-state index in [4.69, 9.17) is 9.84 Å². The van der Waals surface area contributed by atoms with Crippen LogP contribution in [-0.2, 0) is 24.1 Å². The Morgan fingerprint density at radius 2 is 1.95 bits per heavy atom. The minimum Gasteiger partial charge on any atom is -0.726 e. The van der Waals surface area contributed by atoms with Gasteiger partial charge in [-0.2, -0.15) is 0 Å². The zero-order valence-corrected chi connectivity index (χ0v) is 12.3. The van der Waals surface area contributed by atoms with Crippen molar-refractivity contribution in [3.05, 3.63) is 12.7 Å². The Bertz CT molecular complexity index is 375. The molecule has 0 spiro atoms. The zero-order valence-electron chi connectivity index (χ0n) is 11.5. The van der Waals surface area contributed by atoms with Gasteiger partial charge in [-0.25, -0.2) is 13.2 Å². The molecule has 8 nitrogen and oxygen atoms in total. The molecule has 0 saturated carbocycles. The molecule has 19 heavy (non-hydrogen) atoms. The third kappa shape index (κ3) is 17.0. The molecule has 0 fully saturated rings. The van der Waals surface area contributed by atoms with Crippen molar-refractivity contribution in [1.82, 2.24) is 0 Å². The third-order valence-electron chi connectivity index (χ3n) is 1.69. The Morgan fingerprint density at radius 1 is 1.53 bits per heavy atom. The second kappa shape index (κ2) is 8.99. The highest BCUT2D eigenvalue weighted by Gasteiger charge is 2.19. The number of carbonyl (C=O) groups is 1. The van der Waals surface area contributed by atoms with Crippen LogP contribution < -0.4 is 0 Å². The summed E-state index contributed by atoms with van der Waals surface area (Å²) in [4.78, 5) is 10.7. The number of quaternary nitrogens is 1. The molecule has 1 atom stereocenters. The molecule has 0 aliphatic heterocycles. The first kappa shape index (κ1) is 20.3. The summed E-state index contributed by atoms with van der Waals surface area (Å²) in [5.41, 5.74) is 0. The van der Waals surface area contributed by atoms with E-state index in [0.29, 0.717) is 11.0 Å². The van der Waals surface area contributed by atoms with Crippen molar-refractivity contribution in [3.8, 4) is 0 Å². The number of hydrogen-bond donors (Lipinski definition) is 1. The predicted octanol–water partition coefficient (Wildman–Crippen LogP) is -0.777. The van der Waals surface area contributed by atoms with E-state index in [1.807, 2.05) is 14.1 Å². The van der Waals surface area contributed by atoms with E-state index in [-0.39, 0.29) is 6.73 Å². The van der Waals surface area contributed by atoms with E-state index in [1.54, 1.807) is 6.92 Å². The average molecular weight is 299 g/mol. The zero-order chi connectivity index (χ0) is 15.7. The third-order valence-corrected chi connectivity index (χ3v) is 2.09.